The van der Waals surface area contributed by atoms with Crippen molar-refractivity contribution in [2.75, 3.05) is 0 Å². The Morgan fingerprint density at radius 1 is 1.30 bits per heavy atom. The first-order valence-electron chi connectivity index (χ1n) is 10.1. The third kappa shape index (κ3) is 4.55. The molecular formula is C22H23ClN6O. The number of amides is 1. The van der Waals surface area contributed by atoms with Crippen molar-refractivity contribution in [1.82, 2.24) is 24.9 Å². The first kappa shape index (κ1) is 20.2. The van der Waals surface area contributed by atoms with Gasteiger partial charge >= 0.3 is 0 Å². The highest BCUT2D eigenvalue weighted by atomic mass is 35.5. The van der Waals surface area contributed by atoms with Gasteiger partial charge in [0.2, 0.25) is 5.91 Å². The minimum atomic E-state index is -0.0768. The first-order chi connectivity index (χ1) is 14.5. The molecule has 0 spiro atoms. The Kier molecular flexibility index (Phi) is 5.86. The van der Waals surface area contributed by atoms with E-state index in [9.17, 15) is 4.79 Å². The Morgan fingerprint density at radius 3 is 2.93 bits per heavy atom. The zero-order valence-corrected chi connectivity index (χ0v) is 17.6. The molecular weight excluding hydrogens is 400 g/mol. The smallest absolute Gasteiger partial charge is 0.226 e. The van der Waals surface area contributed by atoms with Crippen molar-refractivity contribution in [1.29, 1.82) is 5.26 Å². The summed E-state index contributed by atoms with van der Waals surface area (Å²) in [6.07, 6.45) is 5.54. The molecule has 1 atom stereocenters. The number of fused-ring (bicyclic) bond motifs is 1. The van der Waals surface area contributed by atoms with Gasteiger partial charge in [-0.2, -0.15) is 15.5 Å². The second-order valence-corrected chi connectivity index (χ2v) is 8.09. The van der Waals surface area contributed by atoms with Crippen molar-refractivity contribution in [3.63, 3.8) is 0 Å². The molecule has 154 valence electrons. The summed E-state index contributed by atoms with van der Waals surface area (Å²) in [7, 11) is 0. The lowest BCUT2D eigenvalue weighted by Gasteiger charge is -2.13. The van der Waals surface area contributed by atoms with Gasteiger partial charge in [0.15, 0.2) is 0 Å². The highest BCUT2D eigenvalue weighted by Crippen LogP contribution is 2.24. The molecule has 1 aromatic carbocycles. The van der Waals surface area contributed by atoms with Crippen LogP contribution in [0.25, 0.3) is 11.3 Å². The van der Waals surface area contributed by atoms with Crippen molar-refractivity contribution in [2.45, 2.75) is 51.7 Å². The van der Waals surface area contributed by atoms with E-state index in [0.717, 1.165) is 36.3 Å². The van der Waals surface area contributed by atoms with E-state index in [0.29, 0.717) is 23.6 Å². The second-order valence-electron chi connectivity index (χ2n) is 7.68. The van der Waals surface area contributed by atoms with E-state index in [1.165, 1.54) is 12.1 Å². The third-order valence-corrected chi connectivity index (χ3v) is 5.52. The molecule has 0 saturated heterocycles. The van der Waals surface area contributed by atoms with E-state index in [2.05, 4.69) is 21.6 Å². The maximum absolute atomic E-state index is 12.4. The normalized spacial score (nSPS) is 14.0. The summed E-state index contributed by atoms with van der Waals surface area (Å²) in [5.74, 6) is -0.0378. The van der Waals surface area contributed by atoms with Crippen LogP contribution in [0.1, 0.15) is 36.7 Å². The highest BCUT2D eigenvalue weighted by Gasteiger charge is 2.16. The number of benzene rings is 1. The van der Waals surface area contributed by atoms with Crippen LogP contribution in [-0.4, -0.2) is 31.5 Å². The number of nitrogens with one attached hydrogen (secondary N) is 1. The summed E-state index contributed by atoms with van der Waals surface area (Å²) < 4.78 is 3.82. The Morgan fingerprint density at radius 2 is 2.17 bits per heavy atom. The molecule has 3 aromatic rings. The lowest BCUT2D eigenvalue weighted by molar-refractivity contribution is -0.121. The summed E-state index contributed by atoms with van der Waals surface area (Å²) >= 11 is 6.12. The van der Waals surface area contributed by atoms with Gasteiger partial charge < -0.3 is 5.32 Å². The summed E-state index contributed by atoms with van der Waals surface area (Å²) in [5.41, 5.74) is 4.11. The molecule has 0 unspecified atom stereocenters. The van der Waals surface area contributed by atoms with Crippen LogP contribution in [0.15, 0.2) is 36.5 Å². The quantitative estimate of drug-likeness (QED) is 0.659. The van der Waals surface area contributed by atoms with Crippen LogP contribution in [0.2, 0.25) is 5.02 Å². The Hall–Kier alpha value is -3.11. The van der Waals surface area contributed by atoms with Gasteiger partial charge in [-0.05, 0) is 50.5 Å². The number of carbonyl (C=O) groups excluding carboxylic acids is 1. The maximum atomic E-state index is 12.4. The predicted molar refractivity (Wildman–Crippen MR) is 114 cm³/mol. The number of halogens is 1. The fourth-order valence-corrected chi connectivity index (χ4v) is 3.99. The van der Waals surface area contributed by atoms with E-state index in [-0.39, 0.29) is 11.9 Å². The highest BCUT2D eigenvalue weighted by molar-refractivity contribution is 6.32. The van der Waals surface area contributed by atoms with E-state index < -0.39 is 0 Å². The average molecular weight is 423 g/mol. The number of rotatable bonds is 6. The molecule has 2 aromatic heterocycles. The lowest BCUT2D eigenvalue weighted by atomic mass is 10.1. The summed E-state index contributed by atoms with van der Waals surface area (Å²) in [6.45, 7) is 3.45. The molecule has 4 rings (SSSR count). The molecule has 30 heavy (non-hydrogen) atoms. The van der Waals surface area contributed by atoms with Crippen LogP contribution in [0.3, 0.4) is 0 Å². The molecule has 0 bridgehead atoms. The van der Waals surface area contributed by atoms with Crippen LogP contribution in [0, 0.1) is 11.3 Å². The molecule has 0 fully saturated rings. The Bertz CT molecular complexity index is 1090. The zero-order valence-electron chi connectivity index (χ0n) is 16.8. The van der Waals surface area contributed by atoms with Gasteiger partial charge in [-0.15, -0.1) is 0 Å². The Balaban J connectivity index is 1.33. The van der Waals surface area contributed by atoms with Crippen molar-refractivity contribution >= 4 is 17.5 Å². The number of nitriles is 1. The van der Waals surface area contributed by atoms with E-state index in [1.54, 1.807) is 16.8 Å². The fourth-order valence-electron chi connectivity index (χ4n) is 3.76. The topological polar surface area (TPSA) is 88.5 Å². The standard InChI is InChI=1S/C22H23ClN6O/c1-15(25-22(30)12-18-11-19-4-2-3-8-29(19)26-18)14-28-9-7-21(27-28)16-5-6-17(13-24)20(23)10-16/h5-7,9-11,15H,2-4,8,12,14H2,1H3,(H,25,30)/t15-/m0/s1. The third-order valence-electron chi connectivity index (χ3n) is 5.20. The average Bonchev–Trinajstić information content (AvgIpc) is 3.33. The largest absolute Gasteiger partial charge is 0.351 e. The molecule has 8 heteroatoms. The van der Waals surface area contributed by atoms with E-state index >= 15 is 0 Å². The van der Waals surface area contributed by atoms with Crippen LogP contribution < -0.4 is 5.32 Å². The van der Waals surface area contributed by atoms with Crippen LogP contribution in [0.5, 0.6) is 0 Å². The molecule has 1 aliphatic rings. The van der Waals surface area contributed by atoms with Crippen molar-refractivity contribution in [2.24, 2.45) is 0 Å². The van der Waals surface area contributed by atoms with Gasteiger partial charge in [0.25, 0.3) is 0 Å². The molecule has 7 nitrogen and oxygen atoms in total. The Labute approximate surface area is 180 Å². The molecule has 0 aliphatic carbocycles. The van der Waals surface area contributed by atoms with E-state index in [4.69, 9.17) is 16.9 Å². The number of hydrogen-bond acceptors (Lipinski definition) is 4. The monoisotopic (exact) mass is 422 g/mol. The van der Waals surface area contributed by atoms with Gasteiger partial charge in [0.1, 0.15) is 6.07 Å². The second kappa shape index (κ2) is 8.72. The molecule has 0 radical (unpaired) electrons. The number of nitrogens with zero attached hydrogens (tertiary/aromatic N) is 5. The number of aromatic nitrogens is 4. The minimum absolute atomic E-state index is 0.0378. The van der Waals surface area contributed by atoms with Crippen molar-refractivity contribution < 1.29 is 4.79 Å². The minimum Gasteiger partial charge on any atom is -0.351 e. The first-order valence-corrected chi connectivity index (χ1v) is 10.5. The molecule has 1 N–H and O–H groups in total. The number of aryl methyl sites for hydroxylation is 2. The summed E-state index contributed by atoms with van der Waals surface area (Å²) in [5, 5.41) is 21.5. The van der Waals surface area contributed by atoms with Gasteiger partial charge in [-0.1, -0.05) is 17.7 Å². The molecule has 1 aliphatic heterocycles. The van der Waals surface area contributed by atoms with Crippen LogP contribution in [0.4, 0.5) is 0 Å². The van der Waals surface area contributed by atoms with Gasteiger partial charge in [0.05, 0.1) is 34.9 Å². The summed E-state index contributed by atoms with van der Waals surface area (Å²) in [4.78, 5) is 12.4. The zero-order chi connectivity index (χ0) is 21.1. The van der Waals surface area contributed by atoms with Crippen LogP contribution in [-0.2, 0) is 30.7 Å². The number of hydrogen-bond donors (Lipinski definition) is 1. The van der Waals surface area contributed by atoms with Crippen molar-refractivity contribution in [3.05, 3.63) is 58.5 Å². The van der Waals surface area contributed by atoms with Crippen LogP contribution >= 0.6 is 11.6 Å². The molecule has 1 amide bonds. The lowest BCUT2D eigenvalue weighted by Crippen LogP contribution is -2.36. The molecule has 0 saturated carbocycles. The van der Waals surface area contributed by atoms with Gasteiger partial charge in [-0.3, -0.25) is 14.2 Å². The SMILES string of the molecule is C[C@@H](Cn1ccc(-c2ccc(C#N)c(Cl)c2)n1)NC(=O)Cc1cc2n(n1)CCCC2. The van der Waals surface area contributed by atoms with Gasteiger partial charge in [0, 0.05) is 30.0 Å². The van der Waals surface area contributed by atoms with Crippen molar-refractivity contribution in [3.8, 4) is 17.3 Å². The maximum Gasteiger partial charge on any atom is 0.226 e. The fraction of sp³-hybridized carbons (Fsp3) is 0.364. The number of carbonyl (C=O) groups is 1. The van der Waals surface area contributed by atoms with Gasteiger partial charge in [-0.25, -0.2) is 0 Å². The van der Waals surface area contributed by atoms with E-state index in [1.807, 2.05) is 36.0 Å². The molecule has 3 heterocycles. The summed E-state index contributed by atoms with van der Waals surface area (Å²) in [6, 6.07) is 11.2. The predicted octanol–water partition coefficient (Wildman–Crippen LogP) is 3.36.